The Balaban J connectivity index is 2.32. The molecule has 1 aromatic carbocycles. The third-order valence-electron chi connectivity index (χ3n) is 2.59. The van der Waals surface area contributed by atoms with E-state index in [1.165, 1.54) is 12.3 Å². The minimum absolute atomic E-state index is 0.0220. The Labute approximate surface area is 142 Å². The molecule has 2 N–H and O–H groups in total. The number of hydrogen-bond acceptors (Lipinski definition) is 4. The minimum Gasteiger partial charge on any atom is -0.369 e. The fourth-order valence-corrected chi connectivity index (χ4v) is 3.67. The highest BCUT2D eigenvalue weighted by Gasteiger charge is 2.17. The van der Waals surface area contributed by atoms with Crippen molar-refractivity contribution in [3.63, 3.8) is 0 Å². The Bertz CT molecular complexity index is 753. The average Bonchev–Trinajstić information content (AvgIpc) is 2.43. The molecule has 2 rings (SSSR count). The monoisotopic (exact) mass is 437 g/mol. The topological polar surface area (TPSA) is 71.1 Å². The lowest BCUT2D eigenvalue weighted by atomic mass is 10.3. The lowest BCUT2D eigenvalue weighted by Crippen LogP contribution is -2.14. The molecule has 2 aromatic rings. The maximum Gasteiger partial charge on any atom is 0.263 e. The molecule has 0 bridgehead atoms. The number of para-hydroxylation sites is 1. The number of rotatable bonds is 5. The zero-order chi connectivity index (χ0) is 15.5. The van der Waals surface area contributed by atoms with Crippen LogP contribution in [0.4, 0.5) is 11.5 Å². The first-order valence-corrected chi connectivity index (χ1v) is 9.05. The van der Waals surface area contributed by atoms with Crippen LogP contribution in [0.1, 0.15) is 6.92 Å². The molecule has 0 aliphatic heterocycles. The second-order valence-electron chi connectivity index (χ2n) is 4.12. The van der Waals surface area contributed by atoms with Gasteiger partial charge in [0.15, 0.2) is 0 Å². The molecule has 0 fully saturated rings. The summed E-state index contributed by atoms with van der Waals surface area (Å²) >= 11 is 8.09. The predicted octanol–water partition coefficient (Wildman–Crippen LogP) is 3.57. The normalized spacial score (nSPS) is 11.2. The van der Waals surface area contributed by atoms with Crippen molar-refractivity contribution in [3.8, 4) is 0 Å². The Kier molecular flexibility index (Phi) is 5.28. The van der Waals surface area contributed by atoms with E-state index in [0.717, 1.165) is 3.57 Å². The van der Waals surface area contributed by atoms with E-state index in [-0.39, 0.29) is 9.92 Å². The molecule has 1 aromatic heterocycles. The highest BCUT2D eigenvalue weighted by molar-refractivity contribution is 14.1. The van der Waals surface area contributed by atoms with Gasteiger partial charge in [-0.1, -0.05) is 23.7 Å². The molecule has 0 aliphatic carbocycles. The van der Waals surface area contributed by atoms with E-state index in [1.54, 1.807) is 12.1 Å². The Morgan fingerprint density at radius 3 is 2.67 bits per heavy atom. The van der Waals surface area contributed by atoms with E-state index >= 15 is 0 Å². The van der Waals surface area contributed by atoms with Crippen LogP contribution in [0.15, 0.2) is 41.4 Å². The van der Waals surface area contributed by atoms with Gasteiger partial charge in [-0.15, -0.1) is 0 Å². The molecule has 0 radical (unpaired) electrons. The summed E-state index contributed by atoms with van der Waals surface area (Å²) in [6.45, 7) is 2.56. The van der Waals surface area contributed by atoms with Crippen molar-refractivity contribution in [2.24, 2.45) is 0 Å². The Morgan fingerprint density at radius 1 is 1.33 bits per heavy atom. The highest BCUT2D eigenvalue weighted by Crippen LogP contribution is 2.25. The van der Waals surface area contributed by atoms with Crippen molar-refractivity contribution in [2.45, 2.75) is 11.8 Å². The van der Waals surface area contributed by atoms with Crippen molar-refractivity contribution < 1.29 is 8.42 Å². The number of aromatic nitrogens is 1. The average molecular weight is 438 g/mol. The zero-order valence-electron chi connectivity index (χ0n) is 11.1. The van der Waals surface area contributed by atoms with Crippen molar-refractivity contribution in [1.29, 1.82) is 0 Å². The molecule has 112 valence electrons. The van der Waals surface area contributed by atoms with Gasteiger partial charge < -0.3 is 5.32 Å². The SMILES string of the molecule is CCNc1ncc(S(=O)(=O)Nc2ccccc2I)cc1Cl. The Morgan fingerprint density at radius 2 is 2.05 bits per heavy atom. The second-order valence-corrected chi connectivity index (χ2v) is 7.37. The maximum absolute atomic E-state index is 12.3. The van der Waals surface area contributed by atoms with Crippen LogP contribution in [0.2, 0.25) is 5.02 Å². The van der Waals surface area contributed by atoms with Gasteiger partial charge in [-0.2, -0.15) is 0 Å². The number of nitrogens with zero attached hydrogens (tertiary/aromatic N) is 1. The van der Waals surface area contributed by atoms with Crippen LogP contribution in [-0.2, 0) is 10.0 Å². The van der Waals surface area contributed by atoms with E-state index in [1.807, 2.05) is 19.1 Å². The first-order chi connectivity index (χ1) is 9.94. The zero-order valence-corrected chi connectivity index (χ0v) is 14.8. The third kappa shape index (κ3) is 3.98. The standard InChI is InChI=1S/C13H13ClIN3O2S/c1-2-16-13-10(14)7-9(8-17-13)21(19,20)18-12-6-4-3-5-11(12)15/h3-8,18H,2H2,1H3,(H,16,17). The number of halogens is 2. The summed E-state index contributed by atoms with van der Waals surface area (Å²) in [7, 11) is -3.72. The van der Waals surface area contributed by atoms with Gasteiger partial charge >= 0.3 is 0 Å². The van der Waals surface area contributed by atoms with Gasteiger partial charge in [0.05, 0.1) is 10.7 Å². The second kappa shape index (κ2) is 6.80. The number of pyridine rings is 1. The summed E-state index contributed by atoms with van der Waals surface area (Å²) in [6.07, 6.45) is 1.28. The van der Waals surface area contributed by atoms with E-state index in [0.29, 0.717) is 18.1 Å². The Hall–Kier alpha value is -1.06. The summed E-state index contributed by atoms with van der Waals surface area (Å²) in [6, 6.07) is 8.49. The number of benzene rings is 1. The fourth-order valence-electron chi connectivity index (χ4n) is 1.61. The molecule has 0 unspecified atom stereocenters. The first-order valence-electron chi connectivity index (χ1n) is 6.11. The van der Waals surface area contributed by atoms with E-state index < -0.39 is 10.0 Å². The van der Waals surface area contributed by atoms with Gasteiger partial charge in [-0.05, 0) is 47.7 Å². The minimum atomic E-state index is -3.72. The molecule has 0 amide bonds. The van der Waals surface area contributed by atoms with Crippen molar-refractivity contribution in [2.75, 3.05) is 16.6 Å². The lowest BCUT2D eigenvalue weighted by molar-refractivity contribution is 0.601. The van der Waals surface area contributed by atoms with Crippen LogP contribution in [0.25, 0.3) is 0 Å². The molecule has 1 heterocycles. The van der Waals surface area contributed by atoms with Crippen molar-refractivity contribution in [3.05, 3.63) is 45.1 Å². The lowest BCUT2D eigenvalue weighted by Gasteiger charge is -2.11. The number of sulfonamides is 1. The summed E-state index contributed by atoms with van der Waals surface area (Å²) in [4.78, 5) is 4.06. The molecule has 0 saturated heterocycles. The fraction of sp³-hybridized carbons (Fsp3) is 0.154. The molecule has 0 atom stereocenters. The van der Waals surface area contributed by atoms with Crippen molar-refractivity contribution >= 4 is 55.7 Å². The quantitative estimate of drug-likeness (QED) is 0.702. The smallest absolute Gasteiger partial charge is 0.263 e. The highest BCUT2D eigenvalue weighted by atomic mass is 127. The molecular formula is C13H13ClIN3O2S. The molecule has 0 saturated carbocycles. The molecular weight excluding hydrogens is 425 g/mol. The molecule has 8 heteroatoms. The van der Waals surface area contributed by atoms with Gasteiger partial charge in [0.1, 0.15) is 10.7 Å². The maximum atomic E-state index is 12.3. The molecule has 0 aliphatic rings. The van der Waals surface area contributed by atoms with Crippen LogP contribution >= 0.6 is 34.2 Å². The molecule has 0 spiro atoms. The summed E-state index contributed by atoms with van der Waals surface area (Å²) < 4.78 is 28.0. The van der Waals surface area contributed by atoms with Crippen molar-refractivity contribution in [1.82, 2.24) is 4.98 Å². The van der Waals surface area contributed by atoms with Crippen LogP contribution in [0.3, 0.4) is 0 Å². The van der Waals surface area contributed by atoms with Gasteiger partial charge in [0, 0.05) is 16.3 Å². The van der Waals surface area contributed by atoms with Crippen LogP contribution in [0, 0.1) is 3.57 Å². The largest absolute Gasteiger partial charge is 0.369 e. The van der Waals surface area contributed by atoms with E-state index in [2.05, 4.69) is 37.6 Å². The van der Waals surface area contributed by atoms with Crippen LogP contribution in [-0.4, -0.2) is 19.9 Å². The first kappa shape index (κ1) is 16.3. The van der Waals surface area contributed by atoms with Gasteiger partial charge in [0.2, 0.25) is 0 Å². The van der Waals surface area contributed by atoms with Gasteiger partial charge in [-0.3, -0.25) is 4.72 Å². The molecule has 21 heavy (non-hydrogen) atoms. The number of anilines is 2. The number of nitrogens with one attached hydrogen (secondary N) is 2. The molecule has 5 nitrogen and oxygen atoms in total. The van der Waals surface area contributed by atoms with Gasteiger partial charge in [0.25, 0.3) is 10.0 Å². The summed E-state index contributed by atoms with van der Waals surface area (Å²) in [5, 5.41) is 3.22. The third-order valence-corrected chi connectivity index (χ3v) is 5.15. The van der Waals surface area contributed by atoms with E-state index in [9.17, 15) is 8.42 Å². The van der Waals surface area contributed by atoms with Crippen LogP contribution in [0.5, 0.6) is 0 Å². The summed E-state index contributed by atoms with van der Waals surface area (Å²) in [5.41, 5.74) is 0.519. The van der Waals surface area contributed by atoms with E-state index in [4.69, 9.17) is 11.6 Å². The van der Waals surface area contributed by atoms with Gasteiger partial charge in [-0.25, -0.2) is 13.4 Å². The summed E-state index contributed by atoms with van der Waals surface area (Å²) in [5.74, 6) is 0.465. The predicted molar refractivity (Wildman–Crippen MR) is 93.4 cm³/mol. The van der Waals surface area contributed by atoms with Crippen LogP contribution < -0.4 is 10.0 Å². The number of hydrogen-bond donors (Lipinski definition) is 2.